The highest BCUT2D eigenvalue weighted by Crippen LogP contribution is 2.22. The van der Waals surface area contributed by atoms with E-state index in [1.54, 1.807) is 0 Å². The molecule has 82 valence electrons. The molecule has 2 aromatic rings. The van der Waals surface area contributed by atoms with Crippen molar-refractivity contribution in [3.8, 4) is 11.3 Å². The molecule has 0 spiro atoms. The van der Waals surface area contributed by atoms with Gasteiger partial charge in [0.25, 0.3) is 0 Å². The van der Waals surface area contributed by atoms with E-state index < -0.39 is 0 Å². The molecule has 0 fully saturated rings. The minimum absolute atomic E-state index is 0.783. The van der Waals surface area contributed by atoms with Crippen LogP contribution < -0.4 is 5.32 Å². The van der Waals surface area contributed by atoms with Crippen LogP contribution in [-0.2, 0) is 0 Å². The lowest BCUT2D eigenvalue weighted by atomic mass is 10.1. The molecule has 1 aromatic carbocycles. The summed E-state index contributed by atoms with van der Waals surface area (Å²) in [4.78, 5) is 8.75. The molecule has 0 unspecified atom stereocenters. The molecule has 3 heteroatoms. The highest BCUT2D eigenvalue weighted by molar-refractivity contribution is 5.65. The SMILES string of the molecule is CNc1cc(-c2ccccc2C)nc(C)n1. The van der Waals surface area contributed by atoms with E-state index in [-0.39, 0.29) is 0 Å². The molecule has 0 aliphatic rings. The van der Waals surface area contributed by atoms with Crippen LogP contribution in [0.15, 0.2) is 30.3 Å². The van der Waals surface area contributed by atoms with Gasteiger partial charge in [0.05, 0.1) is 5.69 Å². The van der Waals surface area contributed by atoms with Gasteiger partial charge in [-0.2, -0.15) is 0 Å². The molecule has 0 bridgehead atoms. The second kappa shape index (κ2) is 4.31. The van der Waals surface area contributed by atoms with Crippen LogP contribution in [0.5, 0.6) is 0 Å². The van der Waals surface area contributed by atoms with Gasteiger partial charge in [0, 0.05) is 18.7 Å². The van der Waals surface area contributed by atoms with Gasteiger partial charge in [0.1, 0.15) is 11.6 Å². The summed E-state index contributed by atoms with van der Waals surface area (Å²) >= 11 is 0. The van der Waals surface area contributed by atoms with Gasteiger partial charge >= 0.3 is 0 Å². The first-order valence-electron chi connectivity index (χ1n) is 5.30. The number of anilines is 1. The van der Waals surface area contributed by atoms with E-state index in [9.17, 15) is 0 Å². The molecule has 0 saturated carbocycles. The number of hydrogen-bond donors (Lipinski definition) is 1. The molecule has 0 saturated heterocycles. The van der Waals surface area contributed by atoms with Crippen molar-refractivity contribution in [2.45, 2.75) is 13.8 Å². The summed E-state index contributed by atoms with van der Waals surface area (Å²) in [6.45, 7) is 3.99. The number of rotatable bonds is 2. The van der Waals surface area contributed by atoms with Crippen molar-refractivity contribution in [3.05, 3.63) is 41.7 Å². The molecule has 0 aliphatic heterocycles. The van der Waals surface area contributed by atoms with Crippen molar-refractivity contribution >= 4 is 5.82 Å². The smallest absolute Gasteiger partial charge is 0.130 e. The zero-order chi connectivity index (χ0) is 11.5. The van der Waals surface area contributed by atoms with E-state index in [2.05, 4.69) is 34.3 Å². The van der Waals surface area contributed by atoms with Gasteiger partial charge in [0.2, 0.25) is 0 Å². The lowest BCUT2D eigenvalue weighted by Gasteiger charge is -2.07. The van der Waals surface area contributed by atoms with Crippen LogP contribution in [0.4, 0.5) is 5.82 Å². The first-order valence-corrected chi connectivity index (χ1v) is 5.30. The summed E-state index contributed by atoms with van der Waals surface area (Å²) in [5.41, 5.74) is 3.35. The first-order chi connectivity index (χ1) is 7.70. The third kappa shape index (κ3) is 2.03. The maximum absolute atomic E-state index is 4.46. The minimum atomic E-state index is 0.783. The summed E-state index contributed by atoms with van der Waals surface area (Å²) in [5.74, 6) is 1.64. The number of hydrogen-bond acceptors (Lipinski definition) is 3. The Balaban J connectivity index is 2.56. The quantitative estimate of drug-likeness (QED) is 0.833. The van der Waals surface area contributed by atoms with Crippen molar-refractivity contribution in [1.29, 1.82) is 0 Å². The number of aryl methyl sites for hydroxylation is 2. The summed E-state index contributed by atoms with van der Waals surface area (Å²) < 4.78 is 0. The first kappa shape index (κ1) is 10.6. The van der Waals surface area contributed by atoms with Gasteiger partial charge in [-0.3, -0.25) is 0 Å². The van der Waals surface area contributed by atoms with Crippen LogP contribution >= 0.6 is 0 Å². The molecule has 1 heterocycles. The van der Waals surface area contributed by atoms with Crippen LogP contribution in [-0.4, -0.2) is 17.0 Å². The van der Waals surface area contributed by atoms with E-state index in [0.29, 0.717) is 0 Å². The molecule has 0 radical (unpaired) electrons. The Morgan fingerprint density at radius 3 is 2.50 bits per heavy atom. The second-order valence-corrected chi connectivity index (χ2v) is 3.75. The Morgan fingerprint density at radius 1 is 1.06 bits per heavy atom. The van der Waals surface area contributed by atoms with E-state index in [1.165, 1.54) is 5.56 Å². The van der Waals surface area contributed by atoms with Crippen LogP contribution in [0, 0.1) is 13.8 Å². The fourth-order valence-corrected chi connectivity index (χ4v) is 1.69. The van der Waals surface area contributed by atoms with Crippen LogP contribution in [0.3, 0.4) is 0 Å². The van der Waals surface area contributed by atoms with E-state index in [0.717, 1.165) is 22.9 Å². The molecule has 3 nitrogen and oxygen atoms in total. The minimum Gasteiger partial charge on any atom is -0.373 e. The Labute approximate surface area is 95.6 Å². The zero-order valence-electron chi connectivity index (χ0n) is 9.78. The molecular formula is C13H15N3. The molecule has 0 atom stereocenters. The van der Waals surface area contributed by atoms with Gasteiger partial charge in [-0.05, 0) is 19.4 Å². The lowest BCUT2D eigenvalue weighted by Crippen LogP contribution is -1.98. The largest absolute Gasteiger partial charge is 0.373 e. The molecular weight excluding hydrogens is 198 g/mol. The second-order valence-electron chi connectivity index (χ2n) is 3.75. The third-order valence-electron chi connectivity index (χ3n) is 2.52. The van der Waals surface area contributed by atoms with Gasteiger partial charge in [0.15, 0.2) is 0 Å². The normalized spacial score (nSPS) is 10.2. The predicted octanol–water partition coefficient (Wildman–Crippen LogP) is 2.80. The molecule has 2 rings (SSSR count). The maximum atomic E-state index is 4.46. The van der Waals surface area contributed by atoms with Crippen molar-refractivity contribution in [3.63, 3.8) is 0 Å². The monoisotopic (exact) mass is 213 g/mol. The molecule has 1 aromatic heterocycles. The summed E-state index contributed by atoms with van der Waals surface area (Å²) in [6, 6.07) is 10.2. The average Bonchev–Trinajstić information content (AvgIpc) is 2.28. The standard InChI is InChI=1S/C13H15N3/c1-9-6-4-5-7-11(9)12-8-13(14-3)16-10(2)15-12/h4-8H,1-3H3,(H,14,15,16). The Kier molecular flexibility index (Phi) is 2.86. The summed E-state index contributed by atoms with van der Waals surface area (Å²) in [6.07, 6.45) is 0. The van der Waals surface area contributed by atoms with E-state index in [1.807, 2.05) is 32.2 Å². The maximum Gasteiger partial charge on any atom is 0.130 e. The Morgan fingerprint density at radius 2 is 1.81 bits per heavy atom. The highest BCUT2D eigenvalue weighted by atomic mass is 15.0. The summed E-state index contributed by atoms with van der Waals surface area (Å²) in [7, 11) is 1.86. The predicted molar refractivity (Wildman–Crippen MR) is 66.5 cm³/mol. The van der Waals surface area contributed by atoms with Crippen molar-refractivity contribution in [1.82, 2.24) is 9.97 Å². The van der Waals surface area contributed by atoms with Gasteiger partial charge in [-0.25, -0.2) is 9.97 Å². The number of nitrogens with one attached hydrogen (secondary N) is 1. The lowest BCUT2D eigenvalue weighted by molar-refractivity contribution is 1.06. The topological polar surface area (TPSA) is 37.8 Å². The Hall–Kier alpha value is -1.90. The molecule has 1 N–H and O–H groups in total. The van der Waals surface area contributed by atoms with Gasteiger partial charge in [-0.1, -0.05) is 24.3 Å². The van der Waals surface area contributed by atoms with Crippen LogP contribution in [0.25, 0.3) is 11.3 Å². The zero-order valence-corrected chi connectivity index (χ0v) is 9.78. The number of aromatic nitrogens is 2. The molecule has 0 aliphatic carbocycles. The fourth-order valence-electron chi connectivity index (χ4n) is 1.69. The highest BCUT2D eigenvalue weighted by Gasteiger charge is 2.05. The van der Waals surface area contributed by atoms with Crippen molar-refractivity contribution in [2.24, 2.45) is 0 Å². The van der Waals surface area contributed by atoms with Crippen molar-refractivity contribution < 1.29 is 0 Å². The van der Waals surface area contributed by atoms with Gasteiger partial charge in [-0.15, -0.1) is 0 Å². The molecule has 16 heavy (non-hydrogen) atoms. The van der Waals surface area contributed by atoms with Crippen LogP contribution in [0.1, 0.15) is 11.4 Å². The fraction of sp³-hybridized carbons (Fsp3) is 0.231. The number of nitrogens with zero attached hydrogens (tertiary/aromatic N) is 2. The number of benzene rings is 1. The van der Waals surface area contributed by atoms with E-state index in [4.69, 9.17) is 0 Å². The van der Waals surface area contributed by atoms with E-state index >= 15 is 0 Å². The average molecular weight is 213 g/mol. The summed E-state index contributed by atoms with van der Waals surface area (Å²) in [5, 5.41) is 3.05. The van der Waals surface area contributed by atoms with Crippen LogP contribution in [0.2, 0.25) is 0 Å². The molecule has 0 amide bonds. The van der Waals surface area contributed by atoms with Crippen molar-refractivity contribution in [2.75, 3.05) is 12.4 Å². The Bertz CT molecular complexity index is 506. The third-order valence-corrected chi connectivity index (χ3v) is 2.52. The van der Waals surface area contributed by atoms with Gasteiger partial charge < -0.3 is 5.32 Å².